The van der Waals surface area contributed by atoms with Crippen molar-refractivity contribution < 1.29 is 18.3 Å². The van der Waals surface area contributed by atoms with Crippen molar-refractivity contribution in [1.29, 1.82) is 0 Å². The lowest BCUT2D eigenvalue weighted by atomic mass is 9.95. The number of alkyl halides is 3. The molecule has 1 N–H and O–H groups in total. The lowest BCUT2D eigenvalue weighted by Crippen LogP contribution is -2.58. The topological polar surface area (TPSA) is 23.5 Å². The van der Waals surface area contributed by atoms with Gasteiger partial charge in [-0.1, -0.05) is 0 Å². The van der Waals surface area contributed by atoms with Crippen LogP contribution >= 0.6 is 0 Å². The van der Waals surface area contributed by atoms with Crippen LogP contribution in [0.5, 0.6) is 0 Å². The molecule has 0 aliphatic heterocycles. The maximum Gasteiger partial charge on any atom is 0.418 e. The molecule has 0 saturated carbocycles. The highest BCUT2D eigenvalue weighted by Crippen LogP contribution is 2.34. The maximum atomic E-state index is 12.4. The zero-order chi connectivity index (χ0) is 11.7. The monoisotopic (exact) mass is 213 g/mol. The number of likely N-dealkylation sites (N-methyl/N-ethyl adjacent to an activating group) is 1. The van der Waals surface area contributed by atoms with Crippen LogP contribution in [0.3, 0.4) is 0 Å². The number of aliphatic hydroxyl groups is 1. The molecule has 0 aromatic carbocycles. The van der Waals surface area contributed by atoms with Gasteiger partial charge < -0.3 is 5.11 Å². The molecule has 0 rings (SSSR count). The number of hydrogen-bond acceptors (Lipinski definition) is 2. The fourth-order valence-corrected chi connectivity index (χ4v) is 1.08. The molecule has 14 heavy (non-hydrogen) atoms. The van der Waals surface area contributed by atoms with Crippen LogP contribution in [0.4, 0.5) is 13.2 Å². The van der Waals surface area contributed by atoms with E-state index in [1.54, 1.807) is 20.9 Å². The minimum absolute atomic E-state index is 0.0428. The smallest absolute Gasteiger partial charge is 0.379 e. The van der Waals surface area contributed by atoms with Crippen molar-refractivity contribution in [3.8, 4) is 0 Å². The van der Waals surface area contributed by atoms with E-state index in [0.717, 1.165) is 6.92 Å². The Kier molecular flexibility index (Phi) is 3.98. The van der Waals surface area contributed by atoms with Gasteiger partial charge in [-0.3, -0.25) is 4.90 Å². The second-order valence-electron chi connectivity index (χ2n) is 4.08. The second kappa shape index (κ2) is 4.06. The zero-order valence-corrected chi connectivity index (χ0v) is 9.18. The Balaban J connectivity index is 4.75. The van der Waals surface area contributed by atoms with Gasteiger partial charge in [-0.2, -0.15) is 13.2 Å². The molecule has 0 aromatic heterocycles. The highest BCUT2D eigenvalue weighted by molar-refractivity contribution is 4.92. The van der Waals surface area contributed by atoms with Crippen LogP contribution in [0.15, 0.2) is 0 Å². The molecule has 0 radical (unpaired) electrons. The summed E-state index contributed by atoms with van der Waals surface area (Å²) < 4.78 is 37.3. The van der Waals surface area contributed by atoms with E-state index in [2.05, 4.69) is 0 Å². The van der Waals surface area contributed by atoms with Crippen molar-refractivity contribution in [2.45, 2.75) is 51.6 Å². The van der Waals surface area contributed by atoms with Crippen molar-refractivity contribution in [3.05, 3.63) is 0 Å². The Morgan fingerprint density at radius 3 is 1.71 bits per heavy atom. The normalized spacial score (nSPS) is 19.9. The molecule has 2 atom stereocenters. The van der Waals surface area contributed by atoms with Crippen LogP contribution < -0.4 is 0 Å². The highest BCUT2D eigenvalue weighted by atomic mass is 19.4. The van der Waals surface area contributed by atoms with Gasteiger partial charge >= 0.3 is 6.18 Å². The molecule has 0 aliphatic carbocycles. The highest BCUT2D eigenvalue weighted by Gasteiger charge is 2.54. The molecule has 2 nitrogen and oxygen atoms in total. The van der Waals surface area contributed by atoms with Crippen LogP contribution in [-0.4, -0.2) is 40.9 Å². The molecule has 0 aromatic rings. The van der Waals surface area contributed by atoms with E-state index in [1.165, 1.54) is 11.8 Å². The van der Waals surface area contributed by atoms with Gasteiger partial charge in [-0.15, -0.1) is 0 Å². The minimum atomic E-state index is -4.60. The first-order chi connectivity index (χ1) is 6.01. The zero-order valence-electron chi connectivity index (χ0n) is 9.18. The number of nitrogens with zero attached hydrogens (tertiary/aromatic N) is 1. The lowest BCUT2D eigenvalue weighted by Gasteiger charge is -2.39. The van der Waals surface area contributed by atoms with Gasteiger partial charge in [0.1, 0.15) is 0 Å². The van der Waals surface area contributed by atoms with E-state index in [-0.39, 0.29) is 6.04 Å². The van der Waals surface area contributed by atoms with Crippen LogP contribution in [0.25, 0.3) is 0 Å². The largest absolute Gasteiger partial charge is 0.418 e. The molecule has 0 amide bonds. The molecule has 0 aliphatic rings. The van der Waals surface area contributed by atoms with Gasteiger partial charge in [-0.25, -0.2) is 0 Å². The number of halogens is 3. The van der Waals surface area contributed by atoms with Crippen LogP contribution in [0.1, 0.15) is 27.7 Å². The predicted octanol–water partition coefficient (Wildman–Crippen LogP) is 2.03. The summed E-state index contributed by atoms with van der Waals surface area (Å²) in [6, 6.07) is -1.01. The van der Waals surface area contributed by atoms with Gasteiger partial charge in [0.15, 0.2) is 5.60 Å². The van der Waals surface area contributed by atoms with Crippen molar-refractivity contribution in [3.63, 3.8) is 0 Å². The molecule has 0 bridgehead atoms. The Hall–Kier alpha value is -0.290. The van der Waals surface area contributed by atoms with Crippen molar-refractivity contribution in [2.75, 3.05) is 7.05 Å². The van der Waals surface area contributed by atoms with Crippen LogP contribution in [-0.2, 0) is 0 Å². The summed E-state index contributed by atoms with van der Waals surface area (Å²) in [5, 5.41) is 9.37. The van der Waals surface area contributed by atoms with E-state index in [0.29, 0.717) is 0 Å². The third-order valence-electron chi connectivity index (χ3n) is 2.81. The fraction of sp³-hybridized carbons (Fsp3) is 1.00. The summed E-state index contributed by atoms with van der Waals surface area (Å²) in [7, 11) is 1.57. The Bertz CT molecular complexity index is 189. The average molecular weight is 213 g/mol. The standard InChI is InChI=1S/C9H18F3NO/c1-6(2)13(5)7(3)8(4,14)9(10,11)12/h6-7,14H,1-5H3. The van der Waals surface area contributed by atoms with Crippen LogP contribution in [0.2, 0.25) is 0 Å². The molecule has 0 heterocycles. The number of rotatable bonds is 3. The molecule has 0 fully saturated rings. The number of hydrogen-bond donors (Lipinski definition) is 1. The summed E-state index contributed by atoms with van der Waals surface area (Å²) in [4.78, 5) is 1.49. The van der Waals surface area contributed by atoms with Gasteiger partial charge in [0.2, 0.25) is 0 Å². The van der Waals surface area contributed by atoms with Gasteiger partial charge in [0.05, 0.1) is 0 Å². The Morgan fingerprint density at radius 1 is 1.14 bits per heavy atom. The van der Waals surface area contributed by atoms with Crippen molar-refractivity contribution >= 4 is 0 Å². The summed E-state index contributed by atoms with van der Waals surface area (Å²) in [6.07, 6.45) is -4.60. The lowest BCUT2D eigenvalue weighted by molar-refractivity contribution is -0.271. The maximum absolute atomic E-state index is 12.4. The van der Waals surface area contributed by atoms with E-state index in [4.69, 9.17) is 0 Å². The first kappa shape index (κ1) is 13.7. The van der Waals surface area contributed by atoms with Crippen molar-refractivity contribution in [2.24, 2.45) is 0 Å². The van der Waals surface area contributed by atoms with Crippen molar-refractivity contribution in [1.82, 2.24) is 4.90 Å². The van der Waals surface area contributed by atoms with Crippen LogP contribution in [0, 0.1) is 0 Å². The molecular formula is C9H18F3NO. The third kappa shape index (κ3) is 2.60. The SMILES string of the molecule is CC(C)N(C)C(C)C(C)(O)C(F)(F)F. The molecule has 5 heteroatoms. The molecule has 0 saturated heterocycles. The fourth-order valence-electron chi connectivity index (χ4n) is 1.08. The van der Waals surface area contributed by atoms with Gasteiger partial charge in [0.25, 0.3) is 0 Å². The molecular weight excluding hydrogens is 195 g/mol. The third-order valence-corrected chi connectivity index (χ3v) is 2.81. The summed E-state index contributed by atoms with van der Waals surface area (Å²) in [5.41, 5.74) is -2.67. The first-order valence-electron chi connectivity index (χ1n) is 4.52. The summed E-state index contributed by atoms with van der Waals surface area (Å²) in [6.45, 7) is 5.73. The minimum Gasteiger partial charge on any atom is -0.379 e. The van der Waals surface area contributed by atoms with Gasteiger partial charge in [0, 0.05) is 12.1 Å². The van der Waals surface area contributed by atoms with E-state index in [9.17, 15) is 18.3 Å². The average Bonchev–Trinajstić information content (AvgIpc) is 1.99. The Morgan fingerprint density at radius 2 is 1.50 bits per heavy atom. The molecule has 0 spiro atoms. The molecule has 2 unspecified atom stereocenters. The quantitative estimate of drug-likeness (QED) is 0.775. The van der Waals surface area contributed by atoms with E-state index in [1.807, 2.05) is 0 Å². The Labute approximate surface area is 82.7 Å². The summed E-state index contributed by atoms with van der Waals surface area (Å²) >= 11 is 0. The predicted molar refractivity (Wildman–Crippen MR) is 49.0 cm³/mol. The first-order valence-corrected chi connectivity index (χ1v) is 4.52. The van der Waals surface area contributed by atoms with Gasteiger partial charge in [-0.05, 0) is 34.7 Å². The molecule has 86 valence electrons. The second-order valence-corrected chi connectivity index (χ2v) is 4.08. The van der Waals surface area contributed by atoms with E-state index >= 15 is 0 Å². The summed E-state index contributed by atoms with van der Waals surface area (Å²) in [5.74, 6) is 0. The van der Waals surface area contributed by atoms with E-state index < -0.39 is 17.8 Å².